The number of nitrogens with zero attached hydrogens (tertiary/aromatic N) is 1. The third-order valence-electron chi connectivity index (χ3n) is 4.61. The molecule has 2 aromatic rings. The molecule has 27 heavy (non-hydrogen) atoms. The summed E-state index contributed by atoms with van der Waals surface area (Å²) in [5.74, 6) is 0.851. The van der Waals surface area contributed by atoms with Gasteiger partial charge in [0.2, 0.25) is 0 Å². The second-order valence-electron chi connectivity index (χ2n) is 6.71. The molecule has 0 spiro atoms. The van der Waals surface area contributed by atoms with Gasteiger partial charge in [-0.3, -0.25) is 9.78 Å². The number of fused-ring (bicyclic) bond motifs is 1. The van der Waals surface area contributed by atoms with Crippen LogP contribution in [0, 0.1) is 0 Å². The van der Waals surface area contributed by atoms with Crippen LogP contribution in [0.1, 0.15) is 33.6 Å². The Bertz CT molecular complexity index is 764. The van der Waals surface area contributed by atoms with Crippen molar-refractivity contribution in [3.8, 4) is 5.75 Å². The Labute approximate surface area is 160 Å². The summed E-state index contributed by atoms with van der Waals surface area (Å²) in [7, 11) is 1.95. The number of benzene rings is 1. The Morgan fingerprint density at radius 1 is 1.22 bits per heavy atom. The molecule has 1 aromatic carbocycles. The van der Waals surface area contributed by atoms with Crippen molar-refractivity contribution in [3.63, 3.8) is 0 Å². The molecule has 6 nitrogen and oxygen atoms in total. The zero-order valence-corrected chi connectivity index (χ0v) is 15.9. The summed E-state index contributed by atoms with van der Waals surface area (Å²) < 4.78 is 5.83. The van der Waals surface area contributed by atoms with Crippen molar-refractivity contribution in [1.82, 2.24) is 20.9 Å². The standard InChI is InChI=1S/C21H28N4O2/c1-22-9-7-18-13-16(5-10-24-18)15-23-8-2-12-27-19-3-4-20-17(14-19)6-11-25-21(20)26/h3-5,10,13-14,22-23H,2,6-9,11-12,15H2,1H3,(H,25,26). The lowest BCUT2D eigenvalue weighted by Gasteiger charge is -2.17. The van der Waals surface area contributed by atoms with Crippen molar-refractivity contribution < 1.29 is 9.53 Å². The van der Waals surface area contributed by atoms with Crippen molar-refractivity contribution in [1.29, 1.82) is 0 Å². The minimum Gasteiger partial charge on any atom is -0.494 e. The van der Waals surface area contributed by atoms with E-state index in [0.29, 0.717) is 13.2 Å². The smallest absolute Gasteiger partial charge is 0.251 e. The molecule has 0 atom stereocenters. The third-order valence-corrected chi connectivity index (χ3v) is 4.61. The molecular formula is C21H28N4O2. The lowest BCUT2D eigenvalue weighted by atomic mass is 10.0. The second kappa shape index (κ2) is 10.0. The van der Waals surface area contributed by atoms with E-state index in [1.165, 1.54) is 5.56 Å². The van der Waals surface area contributed by atoms with Gasteiger partial charge < -0.3 is 20.7 Å². The van der Waals surface area contributed by atoms with Gasteiger partial charge in [0.25, 0.3) is 5.91 Å². The van der Waals surface area contributed by atoms with E-state index in [1.807, 2.05) is 31.4 Å². The van der Waals surface area contributed by atoms with E-state index in [0.717, 1.165) is 61.5 Å². The predicted octanol–water partition coefficient (Wildman–Crippen LogP) is 1.69. The first-order valence-corrected chi connectivity index (χ1v) is 9.59. The average molecular weight is 368 g/mol. The molecule has 0 unspecified atom stereocenters. The number of pyridine rings is 1. The fourth-order valence-electron chi connectivity index (χ4n) is 3.14. The van der Waals surface area contributed by atoms with Crippen molar-refractivity contribution in [2.45, 2.75) is 25.8 Å². The van der Waals surface area contributed by atoms with Gasteiger partial charge in [0.1, 0.15) is 5.75 Å². The molecule has 0 radical (unpaired) electrons. The average Bonchev–Trinajstić information content (AvgIpc) is 2.69. The van der Waals surface area contributed by atoms with Crippen LogP contribution in [0.2, 0.25) is 0 Å². The zero-order valence-electron chi connectivity index (χ0n) is 15.9. The van der Waals surface area contributed by atoms with Crippen LogP contribution in [0.3, 0.4) is 0 Å². The molecular weight excluding hydrogens is 340 g/mol. The number of likely N-dealkylation sites (N-methyl/N-ethyl adjacent to an activating group) is 1. The number of aromatic nitrogens is 1. The predicted molar refractivity (Wildman–Crippen MR) is 106 cm³/mol. The number of carbonyl (C=O) groups excluding carboxylic acids is 1. The van der Waals surface area contributed by atoms with E-state index in [2.05, 4.69) is 33.1 Å². The highest BCUT2D eigenvalue weighted by Gasteiger charge is 2.16. The molecule has 0 aliphatic carbocycles. The van der Waals surface area contributed by atoms with Crippen molar-refractivity contribution in [3.05, 3.63) is 58.9 Å². The van der Waals surface area contributed by atoms with E-state index in [1.54, 1.807) is 0 Å². The lowest BCUT2D eigenvalue weighted by Crippen LogP contribution is -2.31. The maximum Gasteiger partial charge on any atom is 0.251 e. The van der Waals surface area contributed by atoms with Crippen LogP contribution in [0.15, 0.2) is 36.5 Å². The normalized spacial score (nSPS) is 13.1. The molecule has 3 N–H and O–H groups in total. The fraction of sp³-hybridized carbons (Fsp3) is 0.429. The number of hydrogen-bond acceptors (Lipinski definition) is 5. The fourth-order valence-corrected chi connectivity index (χ4v) is 3.14. The maximum absolute atomic E-state index is 11.8. The summed E-state index contributed by atoms with van der Waals surface area (Å²) in [5, 5.41) is 9.45. The molecule has 0 fully saturated rings. The molecule has 0 bridgehead atoms. The number of hydrogen-bond donors (Lipinski definition) is 3. The summed E-state index contributed by atoms with van der Waals surface area (Å²) in [6, 6.07) is 9.93. The van der Waals surface area contributed by atoms with Crippen LogP contribution >= 0.6 is 0 Å². The minimum atomic E-state index is 0.0113. The van der Waals surface area contributed by atoms with E-state index in [9.17, 15) is 4.79 Å². The van der Waals surface area contributed by atoms with Crippen LogP contribution in [0.25, 0.3) is 0 Å². The van der Waals surface area contributed by atoms with Crippen LogP contribution in [0.4, 0.5) is 0 Å². The van der Waals surface area contributed by atoms with E-state index in [4.69, 9.17) is 4.74 Å². The Morgan fingerprint density at radius 2 is 2.15 bits per heavy atom. The van der Waals surface area contributed by atoms with Gasteiger partial charge in [0, 0.05) is 43.5 Å². The van der Waals surface area contributed by atoms with Gasteiger partial charge in [-0.2, -0.15) is 0 Å². The zero-order chi connectivity index (χ0) is 18.9. The highest BCUT2D eigenvalue weighted by molar-refractivity contribution is 5.96. The SMILES string of the molecule is CNCCc1cc(CNCCCOc2ccc3c(c2)CCNC3=O)ccn1. The van der Waals surface area contributed by atoms with Crippen LogP contribution in [-0.4, -0.2) is 44.2 Å². The third kappa shape index (κ3) is 5.77. The maximum atomic E-state index is 11.8. The Balaban J connectivity index is 1.36. The quantitative estimate of drug-likeness (QED) is 0.557. The highest BCUT2D eigenvalue weighted by Crippen LogP contribution is 2.20. The molecule has 1 amide bonds. The molecule has 0 saturated heterocycles. The van der Waals surface area contributed by atoms with Crippen LogP contribution in [-0.2, 0) is 19.4 Å². The van der Waals surface area contributed by atoms with Gasteiger partial charge in [-0.05, 0) is 67.9 Å². The first-order chi connectivity index (χ1) is 13.3. The minimum absolute atomic E-state index is 0.0113. The summed E-state index contributed by atoms with van der Waals surface area (Å²) in [5.41, 5.74) is 4.21. The van der Waals surface area contributed by atoms with Crippen LogP contribution in [0.5, 0.6) is 5.75 Å². The molecule has 1 aliphatic heterocycles. The van der Waals surface area contributed by atoms with Gasteiger partial charge in [-0.25, -0.2) is 0 Å². The van der Waals surface area contributed by atoms with Gasteiger partial charge in [-0.15, -0.1) is 0 Å². The summed E-state index contributed by atoms with van der Waals surface area (Å²) in [4.78, 5) is 16.1. The molecule has 144 valence electrons. The highest BCUT2D eigenvalue weighted by atomic mass is 16.5. The first kappa shape index (κ1) is 19.3. The molecule has 3 rings (SSSR count). The van der Waals surface area contributed by atoms with Gasteiger partial charge in [-0.1, -0.05) is 0 Å². The molecule has 1 aromatic heterocycles. The van der Waals surface area contributed by atoms with E-state index >= 15 is 0 Å². The van der Waals surface area contributed by atoms with Gasteiger partial charge in [0.05, 0.1) is 6.61 Å². The Hall–Kier alpha value is -2.44. The van der Waals surface area contributed by atoms with Crippen LogP contribution < -0.4 is 20.7 Å². The van der Waals surface area contributed by atoms with Crippen molar-refractivity contribution >= 4 is 5.91 Å². The topological polar surface area (TPSA) is 75.3 Å². The van der Waals surface area contributed by atoms with Gasteiger partial charge in [0.15, 0.2) is 0 Å². The Kier molecular flexibility index (Phi) is 7.19. The number of ether oxygens (including phenoxy) is 1. The molecule has 1 aliphatic rings. The lowest BCUT2D eigenvalue weighted by molar-refractivity contribution is 0.0946. The summed E-state index contributed by atoms with van der Waals surface area (Å²) in [6.07, 6.45) is 4.61. The first-order valence-electron chi connectivity index (χ1n) is 9.59. The number of nitrogens with one attached hydrogen (secondary N) is 3. The van der Waals surface area contributed by atoms with Crippen molar-refractivity contribution in [2.75, 3.05) is 33.3 Å². The monoisotopic (exact) mass is 368 g/mol. The number of rotatable bonds is 10. The summed E-state index contributed by atoms with van der Waals surface area (Å²) >= 11 is 0. The Morgan fingerprint density at radius 3 is 3.04 bits per heavy atom. The van der Waals surface area contributed by atoms with Crippen molar-refractivity contribution in [2.24, 2.45) is 0 Å². The van der Waals surface area contributed by atoms with E-state index < -0.39 is 0 Å². The number of carbonyl (C=O) groups is 1. The molecule has 6 heteroatoms. The molecule has 2 heterocycles. The molecule has 0 saturated carbocycles. The number of amides is 1. The van der Waals surface area contributed by atoms with E-state index in [-0.39, 0.29) is 5.91 Å². The van der Waals surface area contributed by atoms with Gasteiger partial charge >= 0.3 is 0 Å². The second-order valence-corrected chi connectivity index (χ2v) is 6.71. The largest absolute Gasteiger partial charge is 0.494 e. The summed E-state index contributed by atoms with van der Waals surface area (Å²) in [6.45, 7) is 4.02.